The predicted molar refractivity (Wildman–Crippen MR) is 82.9 cm³/mol. The first-order valence-corrected chi connectivity index (χ1v) is 10.0. The molecule has 2 aliphatic rings. The molecule has 0 aromatic carbocycles. The molecule has 0 aromatic rings. The lowest BCUT2D eigenvalue weighted by Gasteiger charge is -2.34. The van der Waals surface area contributed by atoms with Crippen LogP contribution in [0, 0.1) is 11.8 Å². The molecule has 2 atom stereocenters. The molecule has 1 saturated heterocycles. The number of rotatable bonds is 4. The van der Waals surface area contributed by atoms with Crippen molar-refractivity contribution in [2.24, 2.45) is 17.6 Å². The summed E-state index contributed by atoms with van der Waals surface area (Å²) < 4.78 is 25.0. The third-order valence-corrected chi connectivity index (χ3v) is 6.33. The second-order valence-corrected chi connectivity index (χ2v) is 8.76. The molecule has 2 rings (SSSR count). The summed E-state index contributed by atoms with van der Waals surface area (Å²) in [4.78, 5) is 0. The first-order valence-electron chi connectivity index (χ1n) is 8.17. The number of nitrogens with two attached hydrogens (primary N) is 1. The molecule has 118 valence electrons. The molecule has 0 radical (unpaired) electrons. The van der Waals surface area contributed by atoms with Crippen LogP contribution in [-0.4, -0.2) is 38.1 Å². The number of hydrogen-bond acceptors (Lipinski definition) is 3. The molecule has 5 heteroatoms. The molecule has 0 amide bonds. The van der Waals surface area contributed by atoms with Crippen molar-refractivity contribution in [3.8, 4) is 0 Å². The van der Waals surface area contributed by atoms with Crippen LogP contribution in [0.2, 0.25) is 0 Å². The summed E-state index contributed by atoms with van der Waals surface area (Å²) in [6.45, 7) is 1.37. The van der Waals surface area contributed by atoms with Gasteiger partial charge in [-0.05, 0) is 43.9 Å². The largest absolute Gasteiger partial charge is 0.327 e. The van der Waals surface area contributed by atoms with Crippen LogP contribution in [0.1, 0.15) is 57.8 Å². The minimum atomic E-state index is -3.03. The highest BCUT2D eigenvalue weighted by molar-refractivity contribution is 7.88. The van der Waals surface area contributed by atoms with E-state index in [2.05, 4.69) is 0 Å². The summed E-state index contributed by atoms with van der Waals surface area (Å²) in [6.07, 6.45) is 12.3. The molecule has 1 aliphatic heterocycles. The Kier molecular flexibility index (Phi) is 5.87. The zero-order chi connectivity index (χ0) is 14.6. The van der Waals surface area contributed by atoms with Gasteiger partial charge in [0.1, 0.15) is 0 Å². The Morgan fingerprint density at radius 2 is 1.75 bits per heavy atom. The van der Waals surface area contributed by atoms with E-state index in [9.17, 15) is 8.42 Å². The lowest BCUT2D eigenvalue weighted by atomic mass is 9.84. The van der Waals surface area contributed by atoms with E-state index in [0.717, 1.165) is 19.3 Å². The molecule has 1 saturated carbocycles. The molecule has 2 unspecified atom stereocenters. The van der Waals surface area contributed by atoms with E-state index in [1.54, 1.807) is 4.31 Å². The van der Waals surface area contributed by atoms with Crippen LogP contribution in [0.4, 0.5) is 0 Å². The van der Waals surface area contributed by atoms with Gasteiger partial charge in [-0.2, -0.15) is 0 Å². The quantitative estimate of drug-likeness (QED) is 0.811. The van der Waals surface area contributed by atoms with E-state index in [4.69, 9.17) is 5.73 Å². The summed E-state index contributed by atoms with van der Waals surface area (Å²) in [6, 6.07) is 0.262. The SMILES string of the molecule is CS(=O)(=O)N1CCCC(CC(N)C2CCCCCC2)C1. The van der Waals surface area contributed by atoms with E-state index in [1.165, 1.54) is 44.8 Å². The van der Waals surface area contributed by atoms with Crippen LogP contribution in [0.25, 0.3) is 0 Å². The first kappa shape index (κ1) is 16.2. The number of hydrogen-bond donors (Lipinski definition) is 1. The fourth-order valence-electron chi connectivity index (χ4n) is 3.84. The molecule has 1 aliphatic carbocycles. The van der Waals surface area contributed by atoms with Crippen LogP contribution in [0.15, 0.2) is 0 Å². The molecule has 0 aromatic heterocycles. The van der Waals surface area contributed by atoms with Crippen LogP contribution in [0.3, 0.4) is 0 Å². The van der Waals surface area contributed by atoms with E-state index in [0.29, 0.717) is 24.9 Å². The average Bonchev–Trinajstić information content (AvgIpc) is 2.67. The van der Waals surface area contributed by atoms with Crippen molar-refractivity contribution in [2.75, 3.05) is 19.3 Å². The molecule has 0 spiro atoms. The van der Waals surface area contributed by atoms with Crippen molar-refractivity contribution in [3.63, 3.8) is 0 Å². The standard InChI is InChI=1S/C15H30N2O2S/c1-20(18,19)17-10-6-7-13(12-17)11-15(16)14-8-4-2-3-5-9-14/h13-15H,2-12,16H2,1H3. The molecule has 1 heterocycles. The molecular weight excluding hydrogens is 272 g/mol. The number of piperidine rings is 1. The van der Waals surface area contributed by atoms with Crippen molar-refractivity contribution >= 4 is 10.0 Å². The minimum absolute atomic E-state index is 0.262. The zero-order valence-electron chi connectivity index (χ0n) is 12.8. The van der Waals surface area contributed by atoms with E-state index < -0.39 is 10.0 Å². The summed E-state index contributed by atoms with van der Waals surface area (Å²) in [7, 11) is -3.03. The number of sulfonamides is 1. The second kappa shape index (κ2) is 7.23. The Hall–Kier alpha value is -0.130. The predicted octanol–water partition coefficient (Wildman–Crippen LogP) is 2.35. The first-order chi connectivity index (χ1) is 9.47. The monoisotopic (exact) mass is 302 g/mol. The van der Waals surface area contributed by atoms with Gasteiger partial charge in [0, 0.05) is 19.1 Å². The van der Waals surface area contributed by atoms with Crippen LogP contribution >= 0.6 is 0 Å². The molecule has 2 fully saturated rings. The van der Waals surface area contributed by atoms with Crippen LogP contribution in [0.5, 0.6) is 0 Å². The molecular formula is C15H30N2O2S. The van der Waals surface area contributed by atoms with Gasteiger partial charge in [-0.15, -0.1) is 0 Å². The van der Waals surface area contributed by atoms with Crippen molar-refractivity contribution in [1.29, 1.82) is 0 Å². The van der Waals surface area contributed by atoms with Crippen molar-refractivity contribution in [3.05, 3.63) is 0 Å². The maximum Gasteiger partial charge on any atom is 0.211 e. The van der Waals surface area contributed by atoms with Gasteiger partial charge in [0.25, 0.3) is 0 Å². The summed E-state index contributed by atoms with van der Waals surface area (Å²) in [5.41, 5.74) is 6.44. The van der Waals surface area contributed by atoms with E-state index in [1.807, 2.05) is 0 Å². The Balaban J connectivity index is 1.85. The maximum atomic E-state index is 11.7. The molecule has 2 N–H and O–H groups in total. The normalized spacial score (nSPS) is 29.0. The fourth-order valence-corrected chi connectivity index (χ4v) is 4.78. The highest BCUT2D eigenvalue weighted by Crippen LogP contribution is 2.30. The molecule has 4 nitrogen and oxygen atoms in total. The summed E-state index contributed by atoms with van der Waals surface area (Å²) in [5.74, 6) is 1.11. The second-order valence-electron chi connectivity index (χ2n) is 6.78. The van der Waals surface area contributed by atoms with Crippen molar-refractivity contribution in [2.45, 2.75) is 63.8 Å². The Morgan fingerprint density at radius 3 is 2.35 bits per heavy atom. The van der Waals surface area contributed by atoms with Gasteiger partial charge < -0.3 is 5.73 Å². The highest BCUT2D eigenvalue weighted by Gasteiger charge is 2.29. The van der Waals surface area contributed by atoms with Gasteiger partial charge in [0.2, 0.25) is 10.0 Å². The minimum Gasteiger partial charge on any atom is -0.327 e. The van der Waals surface area contributed by atoms with Crippen molar-refractivity contribution < 1.29 is 8.42 Å². The summed E-state index contributed by atoms with van der Waals surface area (Å²) in [5, 5.41) is 0. The molecule has 0 bridgehead atoms. The van der Waals surface area contributed by atoms with E-state index in [-0.39, 0.29) is 6.04 Å². The number of nitrogens with zero attached hydrogens (tertiary/aromatic N) is 1. The smallest absolute Gasteiger partial charge is 0.211 e. The Morgan fingerprint density at radius 1 is 1.10 bits per heavy atom. The maximum absolute atomic E-state index is 11.7. The van der Waals surface area contributed by atoms with Gasteiger partial charge in [-0.3, -0.25) is 0 Å². The van der Waals surface area contributed by atoms with Crippen molar-refractivity contribution in [1.82, 2.24) is 4.31 Å². The average molecular weight is 302 g/mol. The molecule has 20 heavy (non-hydrogen) atoms. The Labute approximate surface area is 124 Å². The lowest BCUT2D eigenvalue weighted by Crippen LogP contribution is -2.42. The zero-order valence-corrected chi connectivity index (χ0v) is 13.6. The van der Waals surface area contributed by atoms with Gasteiger partial charge in [0.15, 0.2) is 0 Å². The third kappa shape index (κ3) is 4.71. The summed E-state index contributed by atoms with van der Waals surface area (Å²) >= 11 is 0. The van der Waals surface area contributed by atoms with Gasteiger partial charge in [-0.1, -0.05) is 25.7 Å². The van der Waals surface area contributed by atoms with E-state index >= 15 is 0 Å². The fraction of sp³-hybridized carbons (Fsp3) is 1.00. The lowest BCUT2D eigenvalue weighted by molar-refractivity contribution is 0.223. The van der Waals surface area contributed by atoms with Gasteiger partial charge in [0.05, 0.1) is 6.26 Å². The third-order valence-electron chi connectivity index (χ3n) is 5.06. The van der Waals surface area contributed by atoms with Crippen LogP contribution < -0.4 is 5.73 Å². The highest BCUT2D eigenvalue weighted by atomic mass is 32.2. The Bertz CT molecular complexity index is 389. The van der Waals surface area contributed by atoms with Gasteiger partial charge in [-0.25, -0.2) is 12.7 Å². The topological polar surface area (TPSA) is 63.4 Å². The van der Waals surface area contributed by atoms with Crippen LogP contribution in [-0.2, 0) is 10.0 Å². The van der Waals surface area contributed by atoms with Gasteiger partial charge >= 0.3 is 0 Å².